The van der Waals surface area contributed by atoms with Gasteiger partial charge in [0.25, 0.3) is 5.89 Å². The van der Waals surface area contributed by atoms with Crippen molar-refractivity contribution in [3.05, 3.63) is 29.6 Å². The van der Waals surface area contributed by atoms with Gasteiger partial charge in [-0.25, -0.2) is 0 Å². The lowest BCUT2D eigenvalue weighted by Gasteiger charge is -2.00. The van der Waals surface area contributed by atoms with E-state index < -0.39 is 0 Å². The molecule has 0 bridgehead atoms. The summed E-state index contributed by atoms with van der Waals surface area (Å²) in [6, 6.07) is 5.23. The molecular formula is C13H14N2O3. The van der Waals surface area contributed by atoms with E-state index in [1.807, 2.05) is 13.0 Å². The quantitative estimate of drug-likeness (QED) is 0.880. The Balaban J connectivity index is 1.89. The third kappa shape index (κ3) is 1.97. The standard InChI is InChI=1S/C13H14N2O3/c1-8-6-9(2-3-11(8)16)13-14-12(15-18-13)10-4-5-17-7-10/h2-3,6,10,16H,4-5,7H2,1H3/t10-/m1/s1. The zero-order chi connectivity index (χ0) is 12.5. The van der Waals surface area contributed by atoms with Crippen LogP contribution in [-0.2, 0) is 4.74 Å². The number of aromatic nitrogens is 2. The van der Waals surface area contributed by atoms with Crippen molar-refractivity contribution in [3.63, 3.8) is 0 Å². The van der Waals surface area contributed by atoms with Gasteiger partial charge in [-0.15, -0.1) is 0 Å². The van der Waals surface area contributed by atoms with Crippen molar-refractivity contribution in [1.82, 2.24) is 10.1 Å². The number of aromatic hydroxyl groups is 1. The van der Waals surface area contributed by atoms with Crippen molar-refractivity contribution >= 4 is 0 Å². The van der Waals surface area contributed by atoms with Gasteiger partial charge in [0.2, 0.25) is 0 Å². The maximum atomic E-state index is 9.49. The van der Waals surface area contributed by atoms with Crippen LogP contribution in [-0.4, -0.2) is 28.5 Å². The number of hydrogen-bond acceptors (Lipinski definition) is 5. The van der Waals surface area contributed by atoms with E-state index in [0.717, 1.165) is 24.2 Å². The van der Waals surface area contributed by atoms with E-state index in [-0.39, 0.29) is 11.7 Å². The van der Waals surface area contributed by atoms with Crippen LogP contribution in [0.2, 0.25) is 0 Å². The van der Waals surface area contributed by atoms with Gasteiger partial charge in [0, 0.05) is 18.1 Å². The van der Waals surface area contributed by atoms with Gasteiger partial charge in [-0.1, -0.05) is 5.16 Å². The van der Waals surface area contributed by atoms with Crippen molar-refractivity contribution in [2.45, 2.75) is 19.3 Å². The molecule has 1 fully saturated rings. The third-order valence-corrected chi connectivity index (χ3v) is 3.18. The summed E-state index contributed by atoms with van der Waals surface area (Å²) >= 11 is 0. The van der Waals surface area contributed by atoms with Crippen LogP contribution < -0.4 is 0 Å². The fraction of sp³-hybridized carbons (Fsp3) is 0.385. The first-order valence-electron chi connectivity index (χ1n) is 5.95. The molecule has 1 N–H and O–H groups in total. The van der Waals surface area contributed by atoms with E-state index in [2.05, 4.69) is 10.1 Å². The van der Waals surface area contributed by atoms with Crippen LogP contribution in [0.5, 0.6) is 5.75 Å². The number of hydrogen-bond donors (Lipinski definition) is 1. The normalized spacial score (nSPS) is 19.3. The minimum Gasteiger partial charge on any atom is -0.508 e. The smallest absolute Gasteiger partial charge is 0.257 e. The molecule has 1 aromatic heterocycles. The van der Waals surface area contributed by atoms with E-state index in [1.165, 1.54) is 0 Å². The second-order valence-electron chi connectivity index (χ2n) is 4.52. The van der Waals surface area contributed by atoms with Crippen molar-refractivity contribution in [3.8, 4) is 17.2 Å². The van der Waals surface area contributed by atoms with Crippen LogP contribution >= 0.6 is 0 Å². The Kier molecular flexibility index (Phi) is 2.76. The Morgan fingerprint density at radius 3 is 3.00 bits per heavy atom. The highest BCUT2D eigenvalue weighted by molar-refractivity contribution is 5.56. The maximum Gasteiger partial charge on any atom is 0.257 e. The lowest BCUT2D eigenvalue weighted by Crippen LogP contribution is -1.99. The minimum atomic E-state index is 0.237. The zero-order valence-corrected chi connectivity index (χ0v) is 10.1. The number of phenolic OH excluding ortho intramolecular Hbond substituents is 1. The first-order valence-corrected chi connectivity index (χ1v) is 5.95. The highest BCUT2D eigenvalue weighted by Gasteiger charge is 2.23. The Morgan fingerprint density at radius 1 is 1.39 bits per heavy atom. The van der Waals surface area contributed by atoms with Gasteiger partial charge >= 0.3 is 0 Å². The SMILES string of the molecule is Cc1cc(-c2nc([C@@H]3CCOC3)no2)ccc1O. The van der Waals surface area contributed by atoms with Gasteiger partial charge < -0.3 is 14.4 Å². The number of benzene rings is 1. The molecule has 0 unspecified atom stereocenters. The van der Waals surface area contributed by atoms with Gasteiger partial charge in [-0.2, -0.15) is 4.98 Å². The molecule has 94 valence electrons. The molecular weight excluding hydrogens is 232 g/mol. The van der Waals surface area contributed by atoms with Gasteiger partial charge in [0.05, 0.1) is 6.61 Å². The molecule has 5 heteroatoms. The molecule has 1 saturated heterocycles. The lowest BCUT2D eigenvalue weighted by atomic mass is 10.1. The van der Waals surface area contributed by atoms with E-state index in [1.54, 1.807) is 12.1 Å². The van der Waals surface area contributed by atoms with Gasteiger partial charge in [0.1, 0.15) is 5.75 Å². The molecule has 3 rings (SSSR count). The molecule has 2 heterocycles. The summed E-state index contributed by atoms with van der Waals surface area (Å²) in [5, 5.41) is 13.5. The molecule has 1 aliphatic heterocycles. The summed E-state index contributed by atoms with van der Waals surface area (Å²) in [6.45, 7) is 3.25. The van der Waals surface area contributed by atoms with Gasteiger partial charge in [-0.05, 0) is 37.1 Å². The molecule has 1 aromatic carbocycles. The van der Waals surface area contributed by atoms with E-state index in [0.29, 0.717) is 18.3 Å². The Hall–Kier alpha value is -1.88. The minimum absolute atomic E-state index is 0.237. The van der Waals surface area contributed by atoms with Crippen LogP contribution in [0.15, 0.2) is 22.7 Å². The van der Waals surface area contributed by atoms with Crippen molar-refractivity contribution < 1.29 is 14.4 Å². The molecule has 0 spiro atoms. The summed E-state index contributed by atoms with van der Waals surface area (Å²) in [5.74, 6) is 1.69. The monoisotopic (exact) mass is 246 g/mol. The van der Waals surface area contributed by atoms with Crippen molar-refractivity contribution in [2.75, 3.05) is 13.2 Å². The first-order chi connectivity index (χ1) is 8.74. The molecule has 2 aromatic rings. The van der Waals surface area contributed by atoms with Crippen LogP contribution in [0, 0.1) is 6.92 Å². The van der Waals surface area contributed by atoms with Crippen molar-refractivity contribution in [2.24, 2.45) is 0 Å². The molecule has 0 radical (unpaired) electrons. The average molecular weight is 246 g/mol. The Labute approximate surface area is 104 Å². The summed E-state index contributed by atoms with van der Waals surface area (Å²) in [4.78, 5) is 4.39. The topological polar surface area (TPSA) is 68.4 Å². The summed E-state index contributed by atoms with van der Waals surface area (Å²) in [7, 11) is 0. The predicted molar refractivity (Wildman–Crippen MR) is 64.3 cm³/mol. The molecule has 0 aliphatic carbocycles. The van der Waals surface area contributed by atoms with Gasteiger partial charge in [0.15, 0.2) is 5.82 Å². The highest BCUT2D eigenvalue weighted by Crippen LogP contribution is 2.27. The second kappa shape index (κ2) is 4.42. The molecule has 0 saturated carbocycles. The highest BCUT2D eigenvalue weighted by atomic mass is 16.5. The Bertz CT molecular complexity index is 559. The number of phenols is 1. The number of nitrogens with zero attached hydrogens (tertiary/aromatic N) is 2. The van der Waals surface area contributed by atoms with Gasteiger partial charge in [-0.3, -0.25) is 0 Å². The number of ether oxygens (including phenoxy) is 1. The molecule has 1 aliphatic rings. The molecule has 18 heavy (non-hydrogen) atoms. The lowest BCUT2D eigenvalue weighted by molar-refractivity contribution is 0.192. The maximum absolute atomic E-state index is 9.49. The summed E-state index contributed by atoms with van der Waals surface area (Å²) < 4.78 is 10.6. The molecule has 1 atom stereocenters. The zero-order valence-electron chi connectivity index (χ0n) is 10.1. The molecule has 5 nitrogen and oxygen atoms in total. The largest absolute Gasteiger partial charge is 0.508 e. The van der Waals surface area contributed by atoms with Crippen molar-refractivity contribution in [1.29, 1.82) is 0 Å². The summed E-state index contributed by atoms with van der Waals surface area (Å²) in [6.07, 6.45) is 0.938. The Morgan fingerprint density at radius 2 is 2.28 bits per heavy atom. The fourth-order valence-electron chi connectivity index (χ4n) is 2.04. The van der Waals surface area contributed by atoms with E-state index in [9.17, 15) is 5.11 Å². The fourth-order valence-corrected chi connectivity index (χ4v) is 2.04. The van der Waals surface area contributed by atoms with E-state index in [4.69, 9.17) is 9.26 Å². The van der Waals surface area contributed by atoms with Crippen LogP contribution in [0.1, 0.15) is 23.7 Å². The first kappa shape index (κ1) is 11.2. The molecule has 0 amide bonds. The van der Waals surface area contributed by atoms with Crippen LogP contribution in [0.3, 0.4) is 0 Å². The van der Waals surface area contributed by atoms with Crippen LogP contribution in [0.25, 0.3) is 11.5 Å². The third-order valence-electron chi connectivity index (χ3n) is 3.18. The number of rotatable bonds is 2. The predicted octanol–water partition coefficient (Wildman–Crippen LogP) is 2.25. The van der Waals surface area contributed by atoms with E-state index >= 15 is 0 Å². The average Bonchev–Trinajstić information content (AvgIpc) is 3.01. The number of aryl methyl sites for hydroxylation is 1. The van der Waals surface area contributed by atoms with Crippen LogP contribution in [0.4, 0.5) is 0 Å². The summed E-state index contributed by atoms with van der Waals surface area (Å²) in [5.41, 5.74) is 1.61. The second-order valence-corrected chi connectivity index (χ2v) is 4.52.